The number of hydrogen-bond donors (Lipinski definition) is 1. The smallest absolute Gasteiger partial charge is 0.330 e. The summed E-state index contributed by atoms with van der Waals surface area (Å²) in [5, 5.41) is 17.6. The lowest BCUT2D eigenvalue weighted by Crippen LogP contribution is -2.05. The summed E-state index contributed by atoms with van der Waals surface area (Å²) in [6, 6.07) is 0. The second kappa shape index (κ2) is 7.34. The Morgan fingerprint density at radius 2 is 2.26 bits per heavy atom. The zero-order chi connectivity index (χ0) is 14.3. The van der Waals surface area contributed by atoms with Crippen LogP contribution in [0.3, 0.4) is 0 Å². The second-order valence-electron chi connectivity index (χ2n) is 4.11. The number of nitrogens with zero attached hydrogens (tertiary/aromatic N) is 3. The first-order valence-corrected chi connectivity index (χ1v) is 6.03. The summed E-state index contributed by atoms with van der Waals surface area (Å²) >= 11 is 0. The molecule has 0 aliphatic carbocycles. The third-order valence-corrected chi connectivity index (χ3v) is 2.58. The fraction of sp³-hybridized carbons (Fsp3) is 0.636. The minimum Gasteiger partial charge on any atom is -0.469 e. The molecule has 1 aromatic heterocycles. The van der Waals surface area contributed by atoms with Gasteiger partial charge in [-0.2, -0.15) is 0 Å². The maximum Gasteiger partial charge on any atom is 0.330 e. The Kier molecular flexibility index (Phi) is 5.77. The molecule has 0 radical (unpaired) electrons. The van der Waals surface area contributed by atoms with Gasteiger partial charge >= 0.3 is 11.7 Å². The standard InChI is InChI=1S/C11H18N4O4/c1-14-8-9(15(17)18)11(13-14)12-7-5-3-4-6-10(16)19-2/h8H,3-7H2,1-2H3,(H,12,13). The van der Waals surface area contributed by atoms with Crippen LogP contribution >= 0.6 is 0 Å². The van der Waals surface area contributed by atoms with Crippen LogP contribution in [0.2, 0.25) is 0 Å². The summed E-state index contributed by atoms with van der Waals surface area (Å²) in [5.41, 5.74) is -0.0305. The number of unbranched alkanes of at least 4 members (excludes halogenated alkanes) is 2. The van der Waals surface area contributed by atoms with Gasteiger partial charge in [-0.15, -0.1) is 5.10 Å². The van der Waals surface area contributed by atoms with Crippen molar-refractivity contribution < 1.29 is 14.5 Å². The van der Waals surface area contributed by atoms with Crippen LogP contribution in [0.25, 0.3) is 0 Å². The van der Waals surface area contributed by atoms with Crippen molar-refractivity contribution in [2.45, 2.75) is 25.7 Å². The molecule has 0 aromatic carbocycles. The zero-order valence-corrected chi connectivity index (χ0v) is 11.1. The molecule has 1 N–H and O–H groups in total. The van der Waals surface area contributed by atoms with Crippen LogP contribution in [-0.2, 0) is 16.6 Å². The van der Waals surface area contributed by atoms with Gasteiger partial charge in [0.05, 0.1) is 12.0 Å². The molecule has 8 nitrogen and oxygen atoms in total. The molecule has 0 aliphatic rings. The number of nitro groups is 1. The van der Waals surface area contributed by atoms with Crippen molar-refractivity contribution in [1.82, 2.24) is 9.78 Å². The largest absolute Gasteiger partial charge is 0.469 e. The van der Waals surface area contributed by atoms with Gasteiger partial charge < -0.3 is 10.1 Å². The average Bonchev–Trinajstić information content (AvgIpc) is 2.74. The molecule has 0 atom stereocenters. The predicted molar refractivity (Wildman–Crippen MR) is 68.8 cm³/mol. The summed E-state index contributed by atoms with van der Waals surface area (Å²) in [7, 11) is 3.00. The monoisotopic (exact) mass is 270 g/mol. The molecule has 1 aromatic rings. The molecule has 0 saturated heterocycles. The van der Waals surface area contributed by atoms with Crippen LogP contribution in [0.4, 0.5) is 11.5 Å². The Bertz CT molecular complexity index is 444. The Morgan fingerprint density at radius 1 is 1.53 bits per heavy atom. The maximum absolute atomic E-state index is 10.9. The molecule has 0 saturated carbocycles. The van der Waals surface area contributed by atoms with Crippen molar-refractivity contribution in [3.63, 3.8) is 0 Å². The molecule has 1 heterocycles. The van der Waals surface area contributed by atoms with Gasteiger partial charge in [0.1, 0.15) is 6.20 Å². The Labute approximate surface area is 110 Å². The van der Waals surface area contributed by atoms with Crippen molar-refractivity contribution in [2.75, 3.05) is 19.0 Å². The quantitative estimate of drug-likeness (QED) is 0.332. The number of hydrogen-bond acceptors (Lipinski definition) is 6. The van der Waals surface area contributed by atoms with Crippen molar-refractivity contribution in [3.05, 3.63) is 16.3 Å². The number of carbonyl (C=O) groups is 1. The van der Waals surface area contributed by atoms with Gasteiger partial charge in [0.25, 0.3) is 0 Å². The Morgan fingerprint density at radius 3 is 2.89 bits per heavy atom. The van der Waals surface area contributed by atoms with Gasteiger partial charge in [-0.25, -0.2) is 0 Å². The lowest BCUT2D eigenvalue weighted by Gasteiger charge is -2.02. The summed E-state index contributed by atoms with van der Waals surface area (Å²) in [4.78, 5) is 21.1. The van der Waals surface area contributed by atoms with E-state index in [0.717, 1.165) is 19.3 Å². The van der Waals surface area contributed by atoms with E-state index in [0.29, 0.717) is 13.0 Å². The summed E-state index contributed by atoms with van der Waals surface area (Å²) in [5.74, 6) is 0.0637. The number of esters is 1. The van der Waals surface area contributed by atoms with Gasteiger partial charge in [-0.3, -0.25) is 19.6 Å². The van der Waals surface area contributed by atoms with Crippen LogP contribution in [0.5, 0.6) is 0 Å². The molecule has 0 aliphatic heterocycles. The van der Waals surface area contributed by atoms with E-state index in [4.69, 9.17) is 0 Å². The Balaban J connectivity index is 2.26. The van der Waals surface area contributed by atoms with Gasteiger partial charge in [0.15, 0.2) is 0 Å². The predicted octanol–water partition coefficient (Wildman–Crippen LogP) is 1.47. The number of methoxy groups -OCH3 is 1. The molecule has 0 amide bonds. The van der Waals surface area contributed by atoms with Crippen LogP contribution in [-0.4, -0.2) is 34.3 Å². The van der Waals surface area contributed by atoms with Crippen LogP contribution < -0.4 is 5.32 Å². The highest BCUT2D eigenvalue weighted by atomic mass is 16.6. The topological polar surface area (TPSA) is 99.3 Å². The first kappa shape index (κ1) is 14.9. The minimum atomic E-state index is -0.466. The molecular formula is C11H18N4O4. The summed E-state index contributed by atoms with van der Waals surface area (Å²) in [6.45, 7) is 0.582. The fourth-order valence-corrected chi connectivity index (χ4v) is 1.62. The van der Waals surface area contributed by atoms with E-state index < -0.39 is 4.92 Å². The van der Waals surface area contributed by atoms with E-state index >= 15 is 0 Å². The molecular weight excluding hydrogens is 252 g/mol. The van der Waals surface area contributed by atoms with E-state index in [1.54, 1.807) is 7.05 Å². The number of rotatable bonds is 8. The van der Waals surface area contributed by atoms with Gasteiger partial charge in [-0.05, 0) is 12.8 Å². The lowest BCUT2D eigenvalue weighted by molar-refractivity contribution is -0.384. The van der Waals surface area contributed by atoms with E-state index in [2.05, 4.69) is 15.2 Å². The highest BCUT2D eigenvalue weighted by Crippen LogP contribution is 2.21. The zero-order valence-electron chi connectivity index (χ0n) is 11.1. The summed E-state index contributed by atoms with van der Waals surface area (Å²) in [6.07, 6.45) is 4.17. The molecule has 8 heteroatoms. The molecule has 0 unspecified atom stereocenters. The normalized spacial score (nSPS) is 10.2. The molecule has 0 fully saturated rings. The van der Waals surface area contributed by atoms with Crippen molar-refractivity contribution in [3.8, 4) is 0 Å². The van der Waals surface area contributed by atoms with Crippen LogP contribution in [0.15, 0.2) is 6.20 Å². The van der Waals surface area contributed by atoms with Gasteiger partial charge in [0, 0.05) is 20.0 Å². The van der Waals surface area contributed by atoms with Crippen molar-refractivity contribution >= 4 is 17.5 Å². The first-order valence-electron chi connectivity index (χ1n) is 6.03. The SMILES string of the molecule is COC(=O)CCCCCNc1nn(C)cc1[N+](=O)[O-]. The lowest BCUT2D eigenvalue weighted by atomic mass is 10.2. The third-order valence-electron chi connectivity index (χ3n) is 2.58. The molecule has 1 rings (SSSR count). The number of ether oxygens (including phenoxy) is 1. The van der Waals surface area contributed by atoms with E-state index in [1.807, 2.05) is 0 Å². The number of carbonyl (C=O) groups excluding carboxylic acids is 1. The third kappa shape index (κ3) is 4.94. The van der Waals surface area contributed by atoms with Crippen molar-refractivity contribution in [1.29, 1.82) is 0 Å². The molecule has 19 heavy (non-hydrogen) atoms. The van der Waals surface area contributed by atoms with Crippen LogP contribution in [0.1, 0.15) is 25.7 Å². The van der Waals surface area contributed by atoms with Crippen molar-refractivity contribution in [2.24, 2.45) is 7.05 Å². The minimum absolute atomic E-state index is 0.0305. The average molecular weight is 270 g/mol. The number of aromatic nitrogens is 2. The molecule has 106 valence electrons. The number of nitrogens with one attached hydrogen (secondary N) is 1. The van der Waals surface area contributed by atoms with Gasteiger partial charge in [-0.1, -0.05) is 6.42 Å². The number of aryl methyl sites for hydroxylation is 1. The Hall–Kier alpha value is -2.12. The number of anilines is 1. The highest BCUT2D eigenvalue weighted by molar-refractivity contribution is 5.68. The second-order valence-corrected chi connectivity index (χ2v) is 4.11. The maximum atomic E-state index is 10.9. The van der Waals surface area contributed by atoms with E-state index in [1.165, 1.54) is 18.0 Å². The van der Waals surface area contributed by atoms with Gasteiger partial charge in [0.2, 0.25) is 5.82 Å². The highest BCUT2D eigenvalue weighted by Gasteiger charge is 2.17. The summed E-state index contributed by atoms with van der Waals surface area (Å²) < 4.78 is 5.93. The molecule has 0 spiro atoms. The van der Waals surface area contributed by atoms with Crippen LogP contribution in [0, 0.1) is 10.1 Å². The first-order chi connectivity index (χ1) is 9.04. The molecule has 0 bridgehead atoms. The fourth-order valence-electron chi connectivity index (χ4n) is 1.62. The van der Waals surface area contributed by atoms with E-state index in [-0.39, 0.29) is 17.5 Å². The van der Waals surface area contributed by atoms with E-state index in [9.17, 15) is 14.9 Å².